The van der Waals surface area contributed by atoms with Crippen LogP contribution in [0.4, 0.5) is 13.2 Å². The topological polar surface area (TPSA) is 93.9 Å². The van der Waals surface area contributed by atoms with Crippen molar-refractivity contribution >= 4 is 11.0 Å². The fourth-order valence-electron chi connectivity index (χ4n) is 6.05. The minimum Gasteiger partial charge on any atom is -0.405 e. The maximum absolute atomic E-state index is 13.4. The number of tetrazole rings is 1. The van der Waals surface area contributed by atoms with Crippen molar-refractivity contribution in [3.05, 3.63) is 70.4 Å². The molecule has 0 radical (unpaired) electrons. The summed E-state index contributed by atoms with van der Waals surface area (Å²) in [6.07, 6.45) is 0.437. The summed E-state index contributed by atoms with van der Waals surface area (Å²) in [7, 11) is 0. The number of alkyl halides is 3. The Morgan fingerprint density at radius 2 is 1.66 bits per heavy atom. The summed E-state index contributed by atoms with van der Waals surface area (Å²) < 4.78 is 48.1. The van der Waals surface area contributed by atoms with Gasteiger partial charge in [0.25, 0.3) is 0 Å². The number of nitrogens with zero attached hydrogens (tertiary/aromatic N) is 6. The largest absolute Gasteiger partial charge is 0.573 e. The number of piperidine rings is 1. The Labute approximate surface area is 216 Å². The lowest BCUT2D eigenvalue weighted by molar-refractivity contribution is -0.275. The molecule has 1 aliphatic heterocycles. The lowest BCUT2D eigenvalue weighted by atomic mass is 9.97. The van der Waals surface area contributed by atoms with Gasteiger partial charge in [-0.25, -0.2) is 9.48 Å². The van der Waals surface area contributed by atoms with Crippen LogP contribution in [-0.4, -0.2) is 54.1 Å². The fourth-order valence-corrected chi connectivity index (χ4v) is 6.05. The van der Waals surface area contributed by atoms with Crippen LogP contribution in [-0.2, 0) is 0 Å². The molecular weight excluding hydrogens is 499 g/mol. The number of halogens is 3. The quantitative estimate of drug-likeness (QED) is 0.389. The van der Waals surface area contributed by atoms with E-state index in [1.807, 2.05) is 24.3 Å². The molecule has 2 aliphatic rings. The van der Waals surface area contributed by atoms with Crippen molar-refractivity contribution in [2.24, 2.45) is 0 Å². The van der Waals surface area contributed by atoms with Crippen molar-refractivity contribution < 1.29 is 17.9 Å². The standard InChI is InChI=1S/C26H28F3N7O2/c27-26(28,29)38-22-12-6-3-9-19(22)23(24-31-32-33-36(24)18-7-1-2-8-18)34-15-13-17(14-16-34)35-21-11-5-4-10-20(21)30-25(35)37/h3-6,9-12,17-18,23H,1-2,7-8,13-16H2,(H,30,37). The zero-order valence-electron chi connectivity index (χ0n) is 20.6. The molecule has 38 heavy (non-hydrogen) atoms. The van der Waals surface area contributed by atoms with E-state index in [9.17, 15) is 18.0 Å². The van der Waals surface area contributed by atoms with Gasteiger partial charge in [-0.05, 0) is 54.3 Å². The number of hydrogen-bond acceptors (Lipinski definition) is 6. The van der Waals surface area contributed by atoms with Gasteiger partial charge in [0, 0.05) is 24.7 Å². The molecule has 12 heteroatoms. The first-order valence-corrected chi connectivity index (χ1v) is 12.9. The monoisotopic (exact) mass is 527 g/mol. The smallest absolute Gasteiger partial charge is 0.405 e. The molecule has 0 spiro atoms. The molecule has 1 unspecified atom stereocenters. The van der Waals surface area contributed by atoms with Crippen LogP contribution in [0.5, 0.6) is 5.75 Å². The molecule has 1 aliphatic carbocycles. The van der Waals surface area contributed by atoms with Crippen molar-refractivity contribution in [1.82, 2.24) is 34.7 Å². The predicted molar refractivity (Wildman–Crippen MR) is 133 cm³/mol. The number of likely N-dealkylation sites (tertiary alicyclic amines) is 1. The molecule has 6 rings (SSSR count). The lowest BCUT2D eigenvalue weighted by Gasteiger charge is -2.38. The lowest BCUT2D eigenvalue weighted by Crippen LogP contribution is -2.41. The molecule has 2 aromatic heterocycles. The summed E-state index contributed by atoms with van der Waals surface area (Å²) in [4.78, 5) is 17.8. The first-order chi connectivity index (χ1) is 18.4. The number of fused-ring (bicyclic) bond motifs is 1. The second-order valence-corrected chi connectivity index (χ2v) is 9.99. The minimum absolute atomic E-state index is 0.0388. The molecule has 2 fully saturated rings. The summed E-state index contributed by atoms with van der Waals surface area (Å²) in [6.45, 7) is 1.08. The zero-order chi connectivity index (χ0) is 26.3. The highest BCUT2D eigenvalue weighted by Crippen LogP contribution is 2.40. The molecule has 9 nitrogen and oxygen atoms in total. The number of benzene rings is 2. The summed E-state index contributed by atoms with van der Waals surface area (Å²) >= 11 is 0. The number of rotatable bonds is 6. The Morgan fingerprint density at radius 1 is 0.947 bits per heavy atom. The van der Waals surface area contributed by atoms with Gasteiger partial charge in [0.1, 0.15) is 11.8 Å². The molecular formula is C26H28F3N7O2. The van der Waals surface area contributed by atoms with Gasteiger partial charge in [0.15, 0.2) is 5.82 Å². The Morgan fingerprint density at radius 3 is 2.42 bits per heavy atom. The Balaban J connectivity index is 1.35. The van der Waals surface area contributed by atoms with Crippen LogP contribution in [0.2, 0.25) is 0 Å². The van der Waals surface area contributed by atoms with Gasteiger partial charge in [0.2, 0.25) is 0 Å². The second kappa shape index (κ2) is 9.90. The first-order valence-electron chi connectivity index (χ1n) is 12.9. The van der Waals surface area contributed by atoms with Crippen LogP contribution >= 0.6 is 0 Å². The summed E-state index contributed by atoms with van der Waals surface area (Å²) in [6, 6.07) is 13.2. The molecule has 2 aromatic carbocycles. The van der Waals surface area contributed by atoms with Crippen molar-refractivity contribution in [2.75, 3.05) is 13.1 Å². The van der Waals surface area contributed by atoms with Crippen LogP contribution in [0.25, 0.3) is 11.0 Å². The van der Waals surface area contributed by atoms with Crippen molar-refractivity contribution in [1.29, 1.82) is 0 Å². The predicted octanol–water partition coefficient (Wildman–Crippen LogP) is 4.76. The number of H-pyrrole nitrogens is 1. The highest BCUT2D eigenvalue weighted by molar-refractivity contribution is 5.75. The average molecular weight is 528 g/mol. The minimum atomic E-state index is -4.83. The Bertz CT molecular complexity index is 1460. The van der Waals surface area contributed by atoms with Gasteiger partial charge < -0.3 is 9.72 Å². The van der Waals surface area contributed by atoms with Crippen LogP contribution in [0, 0.1) is 0 Å². The van der Waals surface area contributed by atoms with E-state index in [-0.39, 0.29) is 23.5 Å². The summed E-state index contributed by atoms with van der Waals surface area (Å²) in [5.74, 6) is 0.249. The van der Waals surface area contributed by atoms with Gasteiger partial charge >= 0.3 is 12.1 Å². The maximum Gasteiger partial charge on any atom is 0.573 e. The van der Waals surface area contributed by atoms with E-state index in [2.05, 4.69) is 30.1 Å². The Kier molecular flexibility index (Phi) is 6.42. The second-order valence-electron chi connectivity index (χ2n) is 9.99. The Hall–Kier alpha value is -3.67. The highest BCUT2D eigenvalue weighted by Gasteiger charge is 2.38. The van der Waals surface area contributed by atoms with Crippen LogP contribution < -0.4 is 10.4 Å². The number of ether oxygens (including phenoxy) is 1. The third-order valence-electron chi connectivity index (χ3n) is 7.73. The van der Waals surface area contributed by atoms with E-state index in [0.717, 1.165) is 36.7 Å². The van der Waals surface area contributed by atoms with E-state index in [1.54, 1.807) is 21.4 Å². The van der Waals surface area contributed by atoms with Gasteiger partial charge in [-0.15, -0.1) is 18.3 Å². The molecule has 0 bridgehead atoms. The molecule has 1 N–H and O–H groups in total. The van der Waals surface area contributed by atoms with Crippen LogP contribution in [0.3, 0.4) is 0 Å². The summed E-state index contributed by atoms with van der Waals surface area (Å²) in [5.41, 5.74) is 1.84. The van der Waals surface area contributed by atoms with E-state index in [0.29, 0.717) is 37.3 Å². The van der Waals surface area contributed by atoms with E-state index >= 15 is 0 Å². The molecule has 4 aromatic rings. The van der Waals surface area contributed by atoms with Crippen molar-refractivity contribution in [3.63, 3.8) is 0 Å². The number of aromatic amines is 1. The third kappa shape index (κ3) is 4.68. The number of nitrogens with one attached hydrogen (secondary N) is 1. The molecule has 0 amide bonds. The molecule has 1 atom stereocenters. The maximum atomic E-state index is 13.4. The van der Waals surface area contributed by atoms with Gasteiger partial charge in [-0.3, -0.25) is 9.47 Å². The van der Waals surface area contributed by atoms with E-state index in [4.69, 9.17) is 0 Å². The average Bonchev–Trinajstić information content (AvgIpc) is 3.64. The number of hydrogen-bond donors (Lipinski definition) is 1. The SMILES string of the molecule is O=c1[nH]c2ccccc2n1C1CCN(C(c2ccccc2OC(F)(F)F)c2nnnn2C2CCCC2)CC1. The van der Waals surface area contributed by atoms with Crippen molar-refractivity contribution in [3.8, 4) is 5.75 Å². The van der Waals surface area contributed by atoms with Gasteiger partial charge in [-0.1, -0.05) is 43.2 Å². The first kappa shape index (κ1) is 24.7. The van der Waals surface area contributed by atoms with Crippen LogP contribution in [0.15, 0.2) is 53.3 Å². The fraction of sp³-hybridized carbons (Fsp3) is 0.462. The van der Waals surface area contributed by atoms with Gasteiger partial charge in [-0.2, -0.15) is 0 Å². The van der Waals surface area contributed by atoms with Gasteiger partial charge in [0.05, 0.1) is 17.1 Å². The van der Waals surface area contributed by atoms with E-state index in [1.165, 1.54) is 12.1 Å². The highest BCUT2D eigenvalue weighted by atomic mass is 19.4. The van der Waals surface area contributed by atoms with Crippen molar-refractivity contribution in [2.45, 2.75) is 63.0 Å². The molecule has 1 saturated carbocycles. The molecule has 3 heterocycles. The third-order valence-corrected chi connectivity index (χ3v) is 7.73. The van der Waals surface area contributed by atoms with E-state index < -0.39 is 12.4 Å². The number of imidazole rings is 1. The normalized spacial score (nSPS) is 18.8. The molecule has 1 saturated heterocycles. The number of aromatic nitrogens is 6. The zero-order valence-corrected chi connectivity index (χ0v) is 20.6. The van der Waals surface area contributed by atoms with Crippen LogP contribution in [0.1, 0.15) is 68.0 Å². The summed E-state index contributed by atoms with van der Waals surface area (Å²) in [5, 5.41) is 12.5. The number of para-hydroxylation sites is 3. The molecule has 200 valence electrons.